The van der Waals surface area contributed by atoms with Crippen molar-refractivity contribution in [2.75, 3.05) is 26.7 Å². The van der Waals surface area contributed by atoms with E-state index < -0.39 is 0 Å². The number of hydrogen-bond acceptors (Lipinski definition) is 3. The van der Waals surface area contributed by atoms with Gasteiger partial charge in [-0.25, -0.2) is 4.79 Å². The fourth-order valence-electron chi connectivity index (χ4n) is 1.75. The summed E-state index contributed by atoms with van der Waals surface area (Å²) in [7, 11) is 1.84. The van der Waals surface area contributed by atoms with E-state index in [0.29, 0.717) is 12.6 Å². The van der Waals surface area contributed by atoms with Gasteiger partial charge in [-0.3, -0.25) is 0 Å². The summed E-state index contributed by atoms with van der Waals surface area (Å²) in [4.78, 5) is 13.3. The van der Waals surface area contributed by atoms with Crippen molar-refractivity contribution < 1.29 is 9.53 Å². The number of carbonyl (C=O) groups excluding carboxylic acids is 1. The summed E-state index contributed by atoms with van der Waals surface area (Å²) in [6.07, 6.45) is 3.89. The molecule has 1 amide bonds. The predicted molar refractivity (Wildman–Crippen MR) is 59.9 cm³/mol. The summed E-state index contributed by atoms with van der Waals surface area (Å²) < 4.78 is 5.16. The Kier molecular flexibility index (Phi) is 5.47. The Balaban J connectivity index is 2.24. The van der Waals surface area contributed by atoms with E-state index in [-0.39, 0.29) is 6.09 Å². The minimum atomic E-state index is -0.171. The lowest BCUT2D eigenvalue weighted by molar-refractivity contribution is 0.0894. The summed E-state index contributed by atoms with van der Waals surface area (Å²) in [5.41, 5.74) is 0. The van der Waals surface area contributed by atoms with Crippen molar-refractivity contribution in [2.24, 2.45) is 0 Å². The lowest BCUT2D eigenvalue weighted by Crippen LogP contribution is -2.44. The van der Waals surface area contributed by atoms with Crippen LogP contribution in [0.4, 0.5) is 4.79 Å². The monoisotopic (exact) mass is 214 g/mol. The Morgan fingerprint density at radius 1 is 1.47 bits per heavy atom. The third-order valence-electron chi connectivity index (χ3n) is 2.87. The first-order valence-electron chi connectivity index (χ1n) is 5.86. The number of piperidine rings is 1. The molecule has 0 aromatic heterocycles. The summed E-state index contributed by atoms with van der Waals surface area (Å²) in [5.74, 6) is 0. The van der Waals surface area contributed by atoms with Crippen LogP contribution in [0.1, 0.15) is 32.6 Å². The van der Waals surface area contributed by atoms with Crippen molar-refractivity contribution in [2.45, 2.75) is 38.6 Å². The van der Waals surface area contributed by atoms with E-state index in [9.17, 15) is 4.79 Å². The number of ether oxygens (including phenoxy) is 1. The van der Waals surface area contributed by atoms with Crippen LogP contribution >= 0.6 is 0 Å². The number of nitrogens with zero attached hydrogens (tertiary/aromatic N) is 1. The second-order valence-electron chi connectivity index (χ2n) is 4.06. The van der Waals surface area contributed by atoms with Crippen molar-refractivity contribution >= 4 is 6.09 Å². The number of carbonyl (C=O) groups is 1. The van der Waals surface area contributed by atoms with Gasteiger partial charge in [0.25, 0.3) is 0 Å². The smallest absolute Gasteiger partial charge is 0.409 e. The molecular formula is C11H22N2O2. The molecule has 0 atom stereocenters. The predicted octanol–water partition coefficient (Wildman–Crippen LogP) is 1.61. The maximum atomic E-state index is 11.6. The largest absolute Gasteiger partial charge is 0.449 e. The fraction of sp³-hybridized carbons (Fsp3) is 0.909. The summed E-state index contributed by atoms with van der Waals surface area (Å²) in [6.45, 7) is 4.63. The van der Waals surface area contributed by atoms with Crippen LogP contribution in [0.5, 0.6) is 0 Å². The van der Waals surface area contributed by atoms with E-state index in [0.717, 1.165) is 38.8 Å². The summed E-state index contributed by atoms with van der Waals surface area (Å²) >= 11 is 0. The van der Waals surface area contributed by atoms with Crippen molar-refractivity contribution in [1.82, 2.24) is 10.2 Å². The molecule has 1 heterocycles. The molecular weight excluding hydrogens is 192 g/mol. The van der Waals surface area contributed by atoms with Crippen LogP contribution < -0.4 is 5.32 Å². The molecule has 1 saturated heterocycles. The minimum Gasteiger partial charge on any atom is -0.449 e. The van der Waals surface area contributed by atoms with Gasteiger partial charge in [0.05, 0.1) is 6.61 Å². The molecule has 1 aliphatic heterocycles. The van der Waals surface area contributed by atoms with Gasteiger partial charge in [-0.1, -0.05) is 13.3 Å². The van der Waals surface area contributed by atoms with Crippen LogP contribution in [0.25, 0.3) is 0 Å². The van der Waals surface area contributed by atoms with Gasteiger partial charge in [0.2, 0.25) is 0 Å². The van der Waals surface area contributed by atoms with E-state index in [1.54, 1.807) is 4.90 Å². The molecule has 1 rings (SSSR count). The molecule has 0 aliphatic carbocycles. The zero-order valence-corrected chi connectivity index (χ0v) is 9.79. The topological polar surface area (TPSA) is 41.6 Å². The van der Waals surface area contributed by atoms with Crippen LogP contribution in [0.2, 0.25) is 0 Å². The summed E-state index contributed by atoms with van der Waals surface area (Å²) in [5, 5.41) is 3.28. The lowest BCUT2D eigenvalue weighted by Gasteiger charge is -2.30. The average Bonchev–Trinajstić information content (AvgIpc) is 2.29. The molecule has 0 radical (unpaired) electrons. The number of hydrogen-bond donors (Lipinski definition) is 1. The van der Waals surface area contributed by atoms with E-state index in [2.05, 4.69) is 12.2 Å². The molecule has 4 heteroatoms. The van der Waals surface area contributed by atoms with Crippen LogP contribution in [-0.4, -0.2) is 43.8 Å². The van der Waals surface area contributed by atoms with Crippen molar-refractivity contribution in [3.63, 3.8) is 0 Å². The van der Waals surface area contributed by atoms with Gasteiger partial charge in [-0.05, 0) is 32.4 Å². The third kappa shape index (κ3) is 4.08. The van der Waals surface area contributed by atoms with Gasteiger partial charge in [-0.2, -0.15) is 0 Å². The van der Waals surface area contributed by atoms with E-state index in [1.807, 2.05) is 7.05 Å². The Morgan fingerprint density at radius 3 is 2.73 bits per heavy atom. The molecule has 0 spiro atoms. The van der Waals surface area contributed by atoms with Gasteiger partial charge in [0, 0.05) is 13.1 Å². The van der Waals surface area contributed by atoms with Crippen LogP contribution in [0.15, 0.2) is 0 Å². The molecule has 15 heavy (non-hydrogen) atoms. The SMILES string of the molecule is CCCCOC(=O)N(C)C1CCNCC1. The molecule has 1 fully saturated rings. The molecule has 1 aliphatic rings. The normalized spacial score (nSPS) is 17.5. The first kappa shape index (κ1) is 12.3. The highest BCUT2D eigenvalue weighted by atomic mass is 16.6. The highest BCUT2D eigenvalue weighted by Crippen LogP contribution is 2.10. The van der Waals surface area contributed by atoms with Gasteiger partial charge in [0.15, 0.2) is 0 Å². The molecule has 0 saturated carbocycles. The molecule has 4 nitrogen and oxygen atoms in total. The Hall–Kier alpha value is -0.770. The standard InChI is InChI=1S/C11H22N2O2/c1-3-4-9-15-11(14)13(2)10-5-7-12-8-6-10/h10,12H,3-9H2,1-2H3. The van der Waals surface area contributed by atoms with Crippen LogP contribution in [0.3, 0.4) is 0 Å². The maximum absolute atomic E-state index is 11.6. The Morgan fingerprint density at radius 2 is 2.13 bits per heavy atom. The molecule has 88 valence electrons. The van der Waals surface area contributed by atoms with Gasteiger partial charge >= 0.3 is 6.09 Å². The first-order valence-corrected chi connectivity index (χ1v) is 5.86. The third-order valence-corrected chi connectivity index (χ3v) is 2.87. The van der Waals surface area contributed by atoms with Gasteiger partial charge in [-0.15, -0.1) is 0 Å². The highest BCUT2D eigenvalue weighted by molar-refractivity contribution is 5.67. The van der Waals surface area contributed by atoms with Gasteiger partial charge in [0.1, 0.15) is 0 Å². The molecule has 0 aromatic carbocycles. The van der Waals surface area contributed by atoms with Gasteiger partial charge < -0.3 is 15.0 Å². The number of nitrogens with one attached hydrogen (secondary N) is 1. The zero-order valence-electron chi connectivity index (χ0n) is 9.79. The zero-order chi connectivity index (χ0) is 11.1. The van der Waals surface area contributed by atoms with E-state index >= 15 is 0 Å². The second-order valence-corrected chi connectivity index (χ2v) is 4.06. The van der Waals surface area contributed by atoms with Crippen LogP contribution in [-0.2, 0) is 4.74 Å². The van der Waals surface area contributed by atoms with Crippen LogP contribution in [0, 0.1) is 0 Å². The molecule has 0 bridgehead atoms. The highest BCUT2D eigenvalue weighted by Gasteiger charge is 2.22. The second kappa shape index (κ2) is 6.67. The fourth-order valence-corrected chi connectivity index (χ4v) is 1.75. The Bertz CT molecular complexity index is 191. The quantitative estimate of drug-likeness (QED) is 0.723. The van der Waals surface area contributed by atoms with Crippen molar-refractivity contribution in [3.05, 3.63) is 0 Å². The van der Waals surface area contributed by atoms with Crippen molar-refractivity contribution in [1.29, 1.82) is 0 Å². The Labute approximate surface area is 92.0 Å². The number of amides is 1. The summed E-state index contributed by atoms with van der Waals surface area (Å²) in [6, 6.07) is 0.348. The first-order chi connectivity index (χ1) is 7.25. The molecule has 1 N–H and O–H groups in total. The maximum Gasteiger partial charge on any atom is 0.409 e. The lowest BCUT2D eigenvalue weighted by atomic mass is 10.1. The molecule has 0 unspecified atom stereocenters. The van der Waals surface area contributed by atoms with E-state index in [4.69, 9.17) is 4.74 Å². The minimum absolute atomic E-state index is 0.171. The van der Waals surface area contributed by atoms with E-state index in [1.165, 1.54) is 0 Å². The average molecular weight is 214 g/mol. The number of unbranched alkanes of at least 4 members (excludes halogenated alkanes) is 1. The van der Waals surface area contributed by atoms with Crippen molar-refractivity contribution in [3.8, 4) is 0 Å². The number of rotatable bonds is 4. The molecule has 0 aromatic rings.